The number of piperidine rings is 1. The Bertz CT molecular complexity index is 595. The predicted octanol–water partition coefficient (Wildman–Crippen LogP) is 2.35. The van der Waals surface area contributed by atoms with Crippen molar-refractivity contribution < 1.29 is 13.2 Å². The van der Waals surface area contributed by atoms with Crippen LogP contribution in [-0.4, -0.2) is 38.1 Å². The van der Waals surface area contributed by atoms with Gasteiger partial charge in [0.1, 0.15) is 0 Å². The molecule has 1 aromatic rings. The van der Waals surface area contributed by atoms with E-state index in [2.05, 4.69) is 6.92 Å². The fourth-order valence-electron chi connectivity index (χ4n) is 2.61. The van der Waals surface area contributed by atoms with Crippen LogP contribution < -0.4 is 0 Å². The molecule has 1 unspecified atom stereocenters. The second-order valence-electron chi connectivity index (χ2n) is 5.40. The van der Waals surface area contributed by atoms with Crippen LogP contribution in [0.2, 0.25) is 0 Å². The first kappa shape index (κ1) is 15.0. The number of carbonyl (C=O) groups excluding carboxylic acids is 1. The largest absolute Gasteiger partial charge is 0.338 e. The summed E-state index contributed by atoms with van der Waals surface area (Å²) in [6, 6.07) is 6.52. The Morgan fingerprint density at radius 3 is 2.70 bits per heavy atom. The van der Waals surface area contributed by atoms with Gasteiger partial charge in [0, 0.05) is 13.1 Å². The zero-order chi connectivity index (χ0) is 14.8. The summed E-state index contributed by atoms with van der Waals surface area (Å²) in [5, 5.41) is 0. The number of carbonyl (C=O) groups is 1. The molecule has 5 heteroatoms. The van der Waals surface area contributed by atoms with E-state index in [0.717, 1.165) is 12.8 Å². The van der Waals surface area contributed by atoms with E-state index >= 15 is 0 Å². The lowest BCUT2D eigenvalue weighted by molar-refractivity contribution is 0.0679. The number of benzene rings is 1. The molecular weight excluding hydrogens is 274 g/mol. The van der Waals surface area contributed by atoms with E-state index in [1.54, 1.807) is 30.0 Å². The molecule has 0 aliphatic carbocycles. The molecule has 1 aliphatic rings. The van der Waals surface area contributed by atoms with E-state index in [0.29, 0.717) is 24.6 Å². The van der Waals surface area contributed by atoms with E-state index < -0.39 is 9.84 Å². The number of amides is 1. The first-order valence-corrected chi connectivity index (χ1v) is 8.72. The van der Waals surface area contributed by atoms with Gasteiger partial charge in [-0.1, -0.05) is 26.0 Å². The van der Waals surface area contributed by atoms with E-state index in [1.807, 2.05) is 0 Å². The lowest BCUT2D eigenvalue weighted by Gasteiger charge is -2.31. The summed E-state index contributed by atoms with van der Waals surface area (Å²) < 4.78 is 24.2. The summed E-state index contributed by atoms with van der Waals surface area (Å²) in [4.78, 5) is 14.5. The van der Waals surface area contributed by atoms with Gasteiger partial charge in [-0.05, 0) is 30.9 Å². The standard InChI is InChI=1S/C15H21NO3S/c1-3-20(18,19)14-9-5-4-8-13(14)15(17)16-10-6-7-12(2)11-16/h4-5,8-9,12H,3,6-7,10-11H2,1-2H3. The molecule has 1 saturated heterocycles. The molecule has 0 aromatic heterocycles. The maximum Gasteiger partial charge on any atom is 0.255 e. The van der Waals surface area contributed by atoms with Crippen LogP contribution in [0.5, 0.6) is 0 Å². The lowest BCUT2D eigenvalue weighted by Crippen LogP contribution is -2.39. The molecule has 0 spiro atoms. The van der Waals surface area contributed by atoms with Crippen LogP contribution in [0.1, 0.15) is 37.0 Å². The third kappa shape index (κ3) is 3.03. The third-order valence-corrected chi connectivity index (χ3v) is 5.56. The van der Waals surface area contributed by atoms with Crippen molar-refractivity contribution in [3.63, 3.8) is 0 Å². The lowest BCUT2D eigenvalue weighted by atomic mass is 9.99. The Balaban J connectivity index is 2.35. The van der Waals surface area contributed by atoms with Crippen molar-refractivity contribution in [3.8, 4) is 0 Å². The molecule has 1 amide bonds. The summed E-state index contributed by atoms with van der Waals surface area (Å²) in [5.41, 5.74) is 0.309. The second-order valence-corrected chi connectivity index (χ2v) is 7.64. The van der Waals surface area contributed by atoms with Crippen LogP contribution in [0.15, 0.2) is 29.2 Å². The zero-order valence-electron chi connectivity index (χ0n) is 12.0. The van der Waals surface area contributed by atoms with Crippen LogP contribution >= 0.6 is 0 Å². The summed E-state index contributed by atoms with van der Waals surface area (Å²) in [6.45, 7) is 5.14. The van der Waals surface area contributed by atoms with E-state index in [-0.39, 0.29) is 16.6 Å². The maximum absolute atomic E-state index is 12.6. The van der Waals surface area contributed by atoms with Gasteiger partial charge in [0.25, 0.3) is 5.91 Å². The third-order valence-electron chi connectivity index (χ3n) is 3.78. The van der Waals surface area contributed by atoms with E-state index in [4.69, 9.17) is 0 Å². The number of hydrogen-bond donors (Lipinski definition) is 0. The fraction of sp³-hybridized carbons (Fsp3) is 0.533. The zero-order valence-corrected chi connectivity index (χ0v) is 12.8. The summed E-state index contributed by atoms with van der Waals surface area (Å²) in [7, 11) is -3.37. The Labute approximate surface area is 120 Å². The molecule has 0 saturated carbocycles. The molecular formula is C15H21NO3S. The first-order valence-electron chi connectivity index (χ1n) is 7.06. The maximum atomic E-state index is 12.6. The highest BCUT2D eigenvalue weighted by Crippen LogP contribution is 2.22. The predicted molar refractivity (Wildman–Crippen MR) is 78.5 cm³/mol. The molecule has 1 aromatic carbocycles. The van der Waals surface area contributed by atoms with Gasteiger partial charge in [0.05, 0.1) is 16.2 Å². The van der Waals surface area contributed by atoms with Crippen LogP contribution in [0.25, 0.3) is 0 Å². The fourth-order valence-corrected chi connectivity index (χ4v) is 3.70. The molecule has 0 N–H and O–H groups in total. The summed E-state index contributed by atoms with van der Waals surface area (Å²) in [5.74, 6) is 0.320. The number of hydrogen-bond acceptors (Lipinski definition) is 3. The van der Waals surface area contributed by atoms with Gasteiger partial charge in [-0.3, -0.25) is 4.79 Å². The highest BCUT2D eigenvalue weighted by molar-refractivity contribution is 7.91. The van der Waals surface area contributed by atoms with E-state index in [9.17, 15) is 13.2 Å². The Hall–Kier alpha value is -1.36. The minimum Gasteiger partial charge on any atom is -0.338 e. The number of nitrogens with zero attached hydrogens (tertiary/aromatic N) is 1. The average Bonchev–Trinajstić information content (AvgIpc) is 2.46. The van der Waals surface area contributed by atoms with Gasteiger partial charge >= 0.3 is 0 Å². The summed E-state index contributed by atoms with van der Waals surface area (Å²) in [6.07, 6.45) is 2.11. The highest BCUT2D eigenvalue weighted by atomic mass is 32.2. The van der Waals surface area contributed by atoms with Crippen molar-refractivity contribution in [2.75, 3.05) is 18.8 Å². The van der Waals surface area contributed by atoms with Crippen molar-refractivity contribution in [1.29, 1.82) is 0 Å². The van der Waals surface area contributed by atoms with Gasteiger partial charge in [-0.15, -0.1) is 0 Å². The van der Waals surface area contributed by atoms with Crippen LogP contribution in [0.3, 0.4) is 0 Å². The molecule has 110 valence electrons. The van der Waals surface area contributed by atoms with Crippen molar-refractivity contribution >= 4 is 15.7 Å². The second kappa shape index (κ2) is 5.95. The van der Waals surface area contributed by atoms with Crippen LogP contribution in [-0.2, 0) is 9.84 Å². The van der Waals surface area contributed by atoms with Gasteiger partial charge in [0.15, 0.2) is 9.84 Å². The van der Waals surface area contributed by atoms with Crippen molar-refractivity contribution in [3.05, 3.63) is 29.8 Å². The highest BCUT2D eigenvalue weighted by Gasteiger charge is 2.26. The van der Waals surface area contributed by atoms with Gasteiger partial charge in [0.2, 0.25) is 0 Å². The van der Waals surface area contributed by atoms with Gasteiger partial charge < -0.3 is 4.90 Å². The minimum absolute atomic E-state index is 0.00764. The topological polar surface area (TPSA) is 54.5 Å². The molecule has 1 aliphatic heterocycles. The summed E-state index contributed by atoms with van der Waals surface area (Å²) >= 11 is 0. The first-order chi connectivity index (χ1) is 9.45. The van der Waals surface area contributed by atoms with Crippen LogP contribution in [0, 0.1) is 5.92 Å². The normalized spacial score (nSPS) is 19.9. The minimum atomic E-state index is -3.37. The van der Waals surface area contributed by atoms with Crippen molar-refractivity contribution in [1.82, 2.24) is 4.90 Å². The smallest absolute Gasteiger partial charge is 0.255 e. The Morgan fingerprint density at radius 1 is 1.35 bits per heavy atom. The molecule has 4 nitrogen and oxygen atoms in total. The van der Waals surface area contributed by atoms with Crippen LogP contribution in [0.4, 0.5) is 0 Å². The number of sulfone groups is 1. The SMILES string of the molecule is CCS(=O)(=O)c1ccccc1C(=O)N1CCCC(C)C1. The van der Waals surface area contributed by atoms with Gasteiger partial charge in [-0.2, -0.15) is 0 Å². The van der Waals surface area contributed by atoms with Crippen molar-refractivity contribution in [2.45, 2.75) is 31.6 Å². The molecule has 0 radical (unpaired) electrons. The van der Waals surface area contributed by atoms with E-state index in [1.165, 1.54) is 6.07 Å². The van der Waals surface area contributed by atoms with Gasteiger partial charge in [-0.25, -0.2) is 8.42 Å². The number of likely N-dealkylation sites (tertiary alicyclic amines) is 1. The Morgan fingerprint density at radius 2 is 2.05 bits per heavy atom. The average molecular weight is 295 g/mol. The molecule has 1 atom stereocenters. The monoisotopic (exact) mass is 295 g/mol. The van der Waals surface area contributed by atoms with Crippen molar-refractivity contribution in [2.24, 2.45) is 5.92 Å². The molecule has 0 bridgehead atoms. The molecule has 1 heterocycles. The Kier molecular flexibility index (Phi) is 4.48. The quantitative estimate of drug-likeness (QED) is 0.860. The number of rotatable bonds is 3. The molecule has 1 fully saturated rings. The molecule has 2 rings (SSSR count). The molecule has 20 heavy (non-hydrogen) atoms.